The van der Waals surface area contributed by atoms with Crippen molar-refractivity contribution in [3.8, 4) is 0 Å². The Hall–Kier alpha value is -1.06. The van der Waals surface area contributed by atoms with Gasteiger partial charge in [0.2, 0.25) is 0 Å². The van der Waals surface area contributed by atoms with E-state index in [2.05, 4.69) is 22.3 Å². The van der Waals surface area contributed by atoms with E-state index >= 15 is 0 Å². The first kappa shape index (κ1) is 23.0. The van der Waals surface area contributed by atoms with Crippen molar-refractivity contribution in [1.82, 2.24) is 25.0 Å². The van der Waals surface area contributed by atoms with E-state index < -0.39 is 0 Å². The number of benzene rings is 1. The molecular formula is C17H25Cl2IN6. The average molecular weight is 511 g/mol. The fourth-order valence-corrected chi connectivity index (χ4v) is 2.90. The van der Waals surface area contributed by atoms with Crippen LogP contribution >= 0.6 is 47.2 Å². The van der Waals surface area contributed by atoms with Crippen molar-refractivity contribution >= 4 is 53.1 Å². The van der Waals surface area contributed by atoms with Crippen molar-refractivity contribution in [2.45, 2.75) is 26.3 Å². The van der Waals surface area contributed by atoms with Crippen LogP contribution < -0.4 is 5.32 Å². The third-order valence-electron chi connectivity index (χ3n) is 3.76. The highest BCUT2D eigenvalue weighted by atomic mass is 127. The summed E-state index contributed by atoms with van der Waals surface area (Å²) in [6.45, 7) is 4.22. The molecule has 0 aliphatic rings. The summed E-state index contributed by atoms with van der Waals surface area (Å²) in [5.41, 5.74) is 1.10. The molecule has 0 bridgehead atoms. The summed E-state index contributed by atoms with van der Waals surface area (Å²) in [6, 6.07) is 5.62. The molecule has 26 heavy (non-hydrogen) atoms. The first-order chi connectivity index (χ1) is 12.0. The van der Waals surface area contributed by atoms with Crippen LogP contribution in [0.4, 0.5) is 0 Å². The predicted octanol–water partition coefficient (Wildman–Crippen LogP) is 3.77. The molecule has 0 aliphatic carbocycles. The number of aromatic nitrogens is 3. The highest BCUT2D eigenvalue weighted by Gasteiger charge is 2.09. The van der Waals surface area contributed by atoms with Crippen LogP contribution in [-0.4, -0.2) is 45.8 Å². The standard InChI is InChI=1S/C17H24Cl2N6.HI/c1-4-20-17(24(2)11-16-22-12-23-25(16)3)21-9-5-6-13-7-8-14(18)10-15(13)19;/h7-8,10,12H,4-6,9,11H2,1-3H3,(H,20,21);1H. The van der Waals surface area contributed by atoms with Crippen LogP contribution in [0, 0.1) is 0 Å². The number of aryl methyl sites for hydroxylation is 2. The number of hydrogen-bond donors (Lipinski definition) is 1. The minimum absolute atomic E-state index is 0. The lowest BCUT2D eigenvalue weighted by molar-refractivity contribution is 0.448. The Morgan fingerprint density at radius 2 is 2.12 bits per heavy atom. The van der Waals surface area contributed by atoms with Crippen molar-refractivity contribution in [2.24, 2.45) is 12.0 Å². The largest absolute Gasteiger partial charge is 0.357 e. The highest BCUT2D eigenvalue weighted by molar-refractivity contribution is 14.0. The quantitative estimate of drug-likeness (QED) is 0.266. The molecule has 0 saturated carbocycles. The molecule has 0 atom stereocenters. The molecule has 0 amide bonds. The third-order valence-corrected chi connectivity index (χ3v) is 4.35. The summed E-state index contributed by atoms with van der Waals surface area (Å²) < 4.78 is 1.77. The number of nitrogens with one attached hydrogen (secondary N) is 1. The van der Waals surface area contributed by atoms with Crippen LogP contribution in [-0.2, 0) is 20.0 Å². The number of hydrogen-bond acceptors (Lipinski definition) is 3. The Balaban J connectivity index is 0.00000338. The molecule has 1 aromatic heterocycles. The Morgan fingerprint density at radius 1 is 1.35 bits per heavy atom. The van der Waals surface area contributed by atoms with Gasteiger partial charge < -0.3 is 10.2 Å². The maximum atomic E-state index is 6.21. The van der Waals surface area contributed by atoms with Crippen LogP contribution in [0.2, 0.25) is 10.0 Å². The molecule has 0 spiro atoms. The molecule has 0 unspecified atom stereocenters. The zero-order valence-corrected chi connectivity index (χ0v) is 19.1. The number of rotatable bonds is 7. The minimum Gasteiger partial charge on any atom is -0.357 e. The summed E-state index contributed by atoms with van der Waals surface area (Å²) >= 11 is 12.1. The Morgan fingerprint density at radius 3 is 2.73 bits per heavy atom. The van der Waals surface area contributed by atoms with Crippen molar-refractivity contribution < 1.29 is 0 Å². The van der Waals surface area contributed by atoms with Gasteiger partial charge in [-0.25, -0.2) is 4.98 Å². The van der Waals surface area contributed by atoms with Gasteiger partial charge in [-0.2, -0.15) is 5.10 Å². The molecule has 0 aliphatic heterocycles. The summed E-state index contributed by atoms with van der Waals surface area (Å²) in [5.74, 6) is 1.74. The van der Waals surface area contributed by atoms with E-state index in [9.17, 15) is 0 Å². The fraction of sp³-hybridized carbons (Fsp3) is 0.471. The Kier molecular flexibility index (Phi) is 10.3. The number of aliphatic imine (C=N–C) groups is 1. The normalized spacial score (nSPS) is 11.2. The number of guanidine groups is 1. The molecule has 1 N–H and O–H groups in total. The molecule has 9 heteroatoms. The maximum absolute atomic E-state index is 6.21. The van der Waals surface area contributed by atoms with Gasteiger partial charge in [0.1, 0.15) is 12.2 Å². The van der Waals surface area contributed by atoms with Gasteiger partial charge in [-0.1, -0.05) is 29.3 Å². The molecule has 0 fully saturated rings. The van der Waals surface area contributed by atoms with Crippen LogP contribution in [0.5, 0.6) is 0 Å². The van der Waals surface area contributed by atoms with Crippen molar-refractivity contribution in [2.75, 3.05) is 20.1 Å². The van der Waals surface area contributed by atoms with E-state index in [4.69, 9.17) is 28.2 Å². The smallest absolute Gasteiger partial charge is 0.194 e. The van der Waals surface area contributed by atoms with Crippen LogP contribution in [0.3, 0.4) is 0 Å². The van der Waals surface area contributed by atoms with Crippen molar-refractivity contribution in [1.29, 1.82) is 0 Å². The van der Waals surface area contributed by atoms with Gasteiger partial charge in [-0.3, -0.25) is 9.67 Å². The van der Waals surface area contributed by atoms with Gasteiger partial charge in [0.05, 0.1) is 6.54 Å². The summed E-state index contributed by atoms with van der Waals surface area (Å²) in [6.07, 6.45) is 3.34. The van der Waals surface area contributed by atoms with Gasteiger partial charge in [-0.05, 0) is 37.5 Å². The Labute approximate surface area is 182 Å². The van der Waals surface area contributed by atoms with Gasteiger partial charge in [0.25, 0.3) is 0 Å². The first-order valence-corrected chi connectivity index (χ1v) is 9.03. The molecule has 1 aromatic carbocycles. The first-order valence-electron chi connectivity index (χ1n) is 8.27. The third kappa shape index (κ3) is 6.92. The second kappa shape index (κ2) is 11.6. The lowest BCUT2D eigenvalue weighted by Crippen LogP contribution is -2.39. The predicted molar refractivity (Wildman–Crippen MR) is 119 cm³/mol. The van der Waals surface area contributed by atoms with E-state index in [0.29, 0.717) is 23.1 Å². The second-order valence-corrected chi connectivity index (χ2v) is 6.57. The molecular weight excluding hydrogens is 486 g/mol. The molecule has 0 saturated heterocycles. The minimum atomic E-state index is 0. The monoisotopic (exact) mass is 510 g/mol. The second-order valence-electron chi connectivity index (χ2n) is 5.73. The van der Waals surface area contributed by atoms with Gasteiger partial charge in [0, 0.05) is 37.2 Å². The fourth-order valence-electron chi connectivity index (χ4n) is 2.40. The number of nitrogens with zero attached hydrogens (tertiary/aromatic N) is 5. The molecule has 6 nitrogen and oxygen atoms in total. The van der Waals surface area contributed by atoms with Crippen molar-refractivity contribution in [3.05, 3.63) is 46.0 Å². The van der Waals surface area contributed by atoms with Crippen LogP contribution in [0.1, 0.15) is 24.7 Å². The van der Waals surface area contributed by atoms with E-state index in [0.717, 1.165) is 36.7 Å². The van der Waals surface area contributed by atoms with Crippen LogP contribution in [0.25, 0.3) is 0 Å². The average Bonchev–Trinajstić information content (AvgIpc) is 2.97. The zero-order valence-electron chi connectivity index (χ0n) is 15.2. The zero-order chi connectivity index (χ0) is 18.2. The number of halogens is 3. The van der Waals surface area contributed by atoms with E-state index in [1.54, 1.807) is 17.1 Å². The lowest BCUT2D eigenvalue weighted by Gasteiger charge is -2.21. The summed E-state index contributed by atoms with van der Waals surface area (Å²) in [4.78, 5) is 11.0. The SMILES string of the molecule is CCNC(=NCCCc1ccc(Cl)cc1Cl)N(C)Cc1ncnn1C.I. The highest BCUT2D eigenvalue weighted by Crippen LogP contribution is 2.22. The van der Waals surface area contributed by atoms with Crippen molar-refractivity contribution in [3.63, 3.8) is 0 Å². The van der Waals surface area contributed by atoms with E-state index in [-0.39, 0.29) is 24.0 Å². The molecule has 144 valence electrons. The van der Waals surface area contributed by atoms with E-state index in [1.807, 2.05) is 31.1 Å². The topological polar surface area (TPSA) is 58.3 Å². The lowest BCUT2D eigenvalue weighted by atomic mass is 10.1. The van der Waals surface area contributed by atoms with E-state index in [1.165, 1.54) is 0 Å². The molecule has 1 heterocycles. The Bertz CT molecular complexity index is 719. The van der Waals surface area contributed by atoms with Gasteiger partial charge in [0.15, 0.2) is 5.96 Å². The molecule has 2 rings (SSSR count). The maximum Gasteiger partial charge on any atom is 0.194 e. The molecule has 0 radical (unpaired) electrons. The molecule has 2 aromatic rings. The van der Waals surface area contributed by atoms with Gasteiger partial charge >= 0.3 is 0 Å². The summed E-state index contributed by atoms with van der Waals surface area (Å²) in [7, 11) is 3.88. The summed E-state index contributed by atoms with van der Waals surface area (Å²) in [5, 5.41) is 8.77. The van der Waals surface area contributed by atoms with Crippen LogP contribution in [0.15, 0.2) is 29.5 Å². The van der Waals surface area contributed by atoms with Gasteiger partial charge in [-0.15, -0.1) is 24.0 Å².